The molecule has 7 heteroatoms. The van der Waals surface area contributed by atoms with E-state index in [1.807, 2.05) is 18.2 Å². The van der Waals surface area contributed by atoms with E-state index in [4.69, 9.17) is 0 Å². The van der Waals surface area contributed by atoms with Crippen LogP contribution in [0.25, 0.3) is 10.9 Å². The van der Waals surface area contributed by atoms with Gasteiger partial charge in [-0.2, -0.15) is 0 Å². The summed E-state index contributed by atoms with van der Waals surface area (Å²) in [4.78, 5) is 19.7. The number of benzene rings is 2. The van der Waals surface area contributed by atoms with E-state index in [-0.39, 0.29) is 35.8 Å². The Bertz CT molecular complexity index is 1060. The van der Waals surface area contributed by atoms with Crippen molar-refractivity contribution in [2.24, 2.45) is 4.99 Å². The number of carbonyl (C=O) groups is 1. The molecule has 1 aliphatic rings. The van der Waals surface area contributed by atoms with Crippen molar-refractivity contribution >= 4 is 52.4 Å². The first-order valence-electron chi connectivity index (χ1n) is 10.0. The van der Waals surface area contributed by atoms with Gasteiger partial charge in [-0.1, -0.05) is 36.4 Å². The summed E-state index contributed by atoms with van der Waals surface area (Å²) in [7, 11) is 1.77. The SMILES string of the molecule is CN=C(NCCc1c[nH]c2c(C)cccc12)NCC1CC(=O)Nc2ccccc21.I. The maximum Gasteiger partial charge on any atom is 0.225 e. The average molecular weight is 517 g/mol. The number of rotatable bonds is 5. The number of hydrogen-bond acceptors (Lipinski definition) is 2. The molecule has 158 valence electrons. The number of guanidine groups is 1. The van der Waals surface area contributed by atoms with Gasteiger partial charge in [-0.25, -0.2) is 0 Å². The number of H-pyrrole nitrogens is 1. The van der Waals surface area contributed by atoms with Crippen molar-refractivity contribution in [3.63, 3.8) is 0 Å². The van der Waals surface area contributed by atoms with Crippen molar-refractivity contribution in [3.05, 3.63) is 65.4 Å². The van der Waals surface area contributed by atoms with E-state index >= 15 is 0 Å². The zero-order chi connectivity index (χ0) is 20.2. The van der Waals surface area contributed by atoms with Crippen LogP contribution >= 0.6 is 24.0 Å². The topological polar surface area (TPSA) is 81.3 Å². The highest BCUT2D eigenvalue weighted by molar-refractivity contribution is 14.0. The van der Waals surface area contributed by atoms with Gasteiger partial charge < -0.3 is 20.9 Å². The Hall–Kier alpha value is -2.55. The largest absolute Gasteiger partial charge is 0.361 e. The van der Waals surface area contributed by atoms with Crippen molar-refractivity contribution in [1.29, 1.82) is 0 Å². The highest BCUT2D eigenvalue weighted by atomic mass is 127. The van der Waals surface area contributed by atoms with Crippen LogP contribution < -0.4 is 16.0 Å². The third kappa shape index (κ3) is 4.77. The molecule has 30 heavy (non-hydrogen) atoms. The first kappa shape index (κ1) is 22.1. The van der Waals surface area contributed by atoms with Crippen molar-refractivity contribution in [3.8, 4) is 0 Å². The fourth-order valence-electron chi connectivity index (χ4n) is 4.01. The normalized spacial score (nSPS) is 15.9. The smallest absolute Gasteiger partial charge is 0.225 e. The number of aromatic nitrogens is 1. The molecule has 0 fully saturated rings. The summed E-state index contributed by atoms with van der Waals surface area (Å²) < 4.78 is 0. The molecule has 1 aliphatic heterocycles. The maximum absolute atomic E-state index is 12.0. The summed E-state index contributed by atoms with van der Waals surface area (Å²) in [6.45, 7) is 3.56. The lowest BCUT2D eigenvalue weighted by Crippen LogP contribution is -2.41. The van der Waals surface area contributed by atoms with Crippen LogP contribution in [0, 0.1) is 6.92 Å². The molecule has 0 saturated heterocycles. The number of halogens is 1. The van der Waals surface area contributed by atoms with Crippen LogP contribution in [0.5, 0.6) is 0 Å². The Morgan fingerprint density at radius 3 is 2.83 bits per heavy atom. The molecule has 0 bridgehead atoms. The number of carbonyl (C=O) groups excluding carboxylic acids is 1. The fraction of sp³-hybridized carbons (Fsp3) is 0.304. The van der Waals surface area contributed by atoms with Crippen molar-refractivity contribution < 1.29 is 4.79 Å². The van der Waals surface area contributed by atoms with E-state index in [0.29, 0.717) is 13.0 Å². The van der Waals surface area contributed by atoms with Crippen LogP contribution in [-0.2, 0) is 11.2 Å². The molecule has 6 nitrogen and oxygen atoms in total. The van der Waals surface area contributed by atoms with Crippen LogP contribution in [-0.4, -0.2) is 37.0 Å². The third-order valence-electron chi connectivity index (χ3n) is 5.54. The van der Waals surface area contributed by atoms with Crippen LogP contribution in [0.3, 0.4) is 0 Å². The molecule has 0 spiro atoms. The van der Waals surface area contributed by atoms with Gasteiger partial charge in [0.2, 0.25) is 5.91 Å². The van der Waals surface area contributed by atoms with Gasteiger partial charge in [0.05, 0.1) is 0 Å². The van der Waals surface area contributed by atoms with E-state index in [2.05, 4.69) is 63.3 Å². The van der Waals surface area contributed by atoms with Crippen molar-refractivity contribution in [1.82, 2.24) is 15.6 Å². The summed E-state index contributed by atoms with van der Waals surface area (Å²) in [5, 5.41) is 11.0. The quantitative estimate of drug-likeness (QED) is 0.235. The van der Waals surface area contributed by atoms with Gasteiger partial charge in [0.25, 0.3) is 0 Å². The molecular formula is C23H28IN5O. The number of anilines is 1. The molecule has 0 saturated carbocycles. The zero-order valence-electron chi connectivity index (χ0n) is 17.3. The molecule has 2 aromatic carbocycles. The highest BCUT2D eigenvalue weighted by Crippen LogP contribution is 2.31. The minimum Gasteiger partial charge on any atom is -0.361 e. The van der Waals surface area contributed by atoms with Crippen LogP contribution in [0.15, 0.2) is 53.7 Å². The third-order valence-corrected chi connectivity index (χ3v) is 5.54. The Kier molecular flexibility index (Phi) is 7.36. The number of amides is 1. The van der Waals surface area contributed by atoms with Crippen LogP contribution in [0.1, 0.15) is 29.0 Å². The second-order valence-corrected chi connectivity index (χ2v) is 7.48. The van der Waals surface area contributed by atoms with Crippen molar-refractivity contribution in [2.45, 2.75) is 25.7 Å². The minimum absolute atomic E-state index is 0. The summed E-state index contributed by atoms with van der Waals surface area (Å²) in [6, 6.07) is 14.4. The highest BCUT2D eigenvalue weighted by Gasteiger charge is 2.24. The lowest BCUT2D eigenvalue weighted by atomic mass is 9.90. The second-order valence-electron chi connectivity index (χ2n) is 7.48. The predicted octanol–water partition coefficient (Wildman–Crippen LogP) is 3.93. The van der Waals surface area contributed by atoms with Gasteiger partial charge >= 0.3 is 0 Å². The monoisotopic (exact) mass is 517 g/mol. The first-order chi connectivity index (χ1) is 14.2. The molecule has 4 rings (SSSR count). The summed E-state index contributed by atoms with van der Waals surface area (Å²) in [6.07, 6.45) is 3.47. The van der Waals surface area contributed by atoms with E-state index in [0.717, 1.165) is 24.6 Å². The number of fused-ring (bicyclic) bond motifs is 2. The summed E-state index contributed by atoms with van der Waals surface area (Å²) in [5.41, 5.74) is 5.84. The zero-order valence-corrected chi connectivity index (χ0v) is 19.6. The molecule has 1 atom stereocenters. The van der Waals surface area contributed by atoms with E-state index in [1.165, 1.54) is 27.6 Å². The van der Waals surface area contributed by atoms with Crippen LogP contribution in [0.4, 0.5) is 5.69 Å². The molecule has 4 N–H and O–H groups in total. The number of hydrogen-bond donors (Lipinski definition) is 4. The molecule has 0 radical (unpaired) electrons. The summed E-state index contributed by atoms with van der Waals surface area (Å²) in [5.74, 6) is 0.952. The van der Waals surface area contributed by atoms with Gasteiger partial charge in [-0.3, -0.25) is 9.79 Å². The lowest BCUT2D eigenvalue weighted by molar-refractivity contribution is -0.116. The fourth-order valence-corrected chi connectivity index (χ4v) is 4.01. The van der Waals surface area contributed by atoms with Gasteiger partial charge in [0, 0.05) is 55.3 Å². The molecule has 1 amide bonds. The number of para-hydroxylation sites is 2. The average Bonchev–Trinajstić information content (AvgIpc) is 3.14. The molecular weight excluding hydrogens is 489 g/mol. The standard InChI is InChI=1S/C23H27N5O.HI/c1-15-6-5-8-19-16(13-26-22(15)19)10-11-25-23(24-2)27-14-17-12-21(29)28-20-9-4-3-7-18(17)20;/h3-9,13,17,26H,10-12,14H2,1-2H3,(H,28,29)(H2,24,25,27);1H. The first-order valence-corrected chi connectivity index (χ1v) is 10.0. The molecule has 2 heterocycles. The second kappa shape index (κ2) is 9.97. The lowest BCUT2D eigenvalue weighted by Gasteiger charge is -2.26. The number of aliphatic imine (C=N–C) groups is 1. The van der Waals surface area contributed by atoms with Gasteiger partial charge in [0.15, 0.2) is 5.96 Å². The van der Waals surface area contributed by atoms with Crippen LogP contribution in [0.2, 0.25) is 0 Å². The Morgan fingerprint density at radius 2 is 2.00 bits per heavy atom. The summed E-state index contributed by atoms with van der Waals surface area (Å²) >= 11 is 0. The predicted molar refractivity (Wildman–Crippen MR) is 134 cm³/mol. The number of aryl methyl sites for hydroxylation is 1. The Balaban J connectivity index is 0.00000256. The van der Waals surface area contributed by atoms with Crippen molar-refractivity contribution in [2.75, 3.05) is 25.5 Å². The molecule has 1 aromatic heterocycles. The minimum atomic E-state index is 0. The van der Waals surface area contributed by atoms with E-state index in [1.54, 1.807) is 7.05 Å². The molecule has 0 aliphatic carbocycles. The van der Waals surface area contributed by atoms with E-state index in [9.17, 15) is 4.79 Å². The van der Waals surface area contributed by atoms with Gasteiger partial charge in [-0.15, -0.1) is 24.0 Å². The maximum atomic E-state index is 12.0. The number of nitrogens with one attached hydrogen (secondary N) is 4. The molecule has 3 aromatic rings. The van der Waals surface area contributed by atoms with Gasteiger partial charge in [0.1, 0.15) is 0 Å². The van der Waals surface area contributed by atoms with Gasteiger partial charge in [-0.05, 0) is 36.1 Å². The van der Waals surface area contributed by atoms with E-state index < -0.39 is 0 Å². The Labute approximate surface area is 194 Å². The number of aromatic amines is 1. The molecule has 1 unspecified atom stereocenters. The Morgan fingerprint density at radius 1 is 1.17 bits per heavy atom. The number of nitrogens with zero attached hydrogens (tertiary/aromatic N) is 1.